The first-order valence-corrected chi connectivity index (χ1v) is 9.75. The maximum Gasteiger partial charge on any atom is 0.256 e. The van der Waals surface area contributed by atoms with Crippen molar-refractivity contribution < 1.29 is 26.3 Å². The molecule has 1 aromatic heterocycles. The van der Waals surface area contributed by atoms with E-state index in [0.29, 0.717) is 6.04 Å². The van der Waals surface area contributed by atoms with E-state index in [2.05, 4.69) is 70.9 Å². The van der Waals surface area contributed by atoms with Crippen molar-refractivity contribution in [1.82, 2.24) is 4.57 Å². The monoisotopic (exact) mass is 424 g/mol. The lowest BCUT2D eigenvalue weighted by Crippen LogP contribution is -3.00. The van der Waals surface area contributed by atoms with Crippen LogP contribution in [0.25, 0.3) is 0 Å². The summed E-state index contributed by atoms with van der Waals surface area (Å²) in [6, 6.07) is 15.9. The number of fused-ring (bicyclic) bond motifs is 2. The highest BCUT2D eigenvalue weighted by atomic mass is 79.9. The predicted octanol–water partition coefficient (Wildman–Crippen LogP) is 0.861. The highest BCUT2D eigenvalue weighted by Gasteiger charge is 2.32. The third-order valence-corrected chi connectivity index (χ3v) is 5.88. The van der Waals surface area contributed by atoms with Crippen LogP contribution in [0, 0.1) is 0 Å². The van der Waals surface area contributed by atoms with Crippen molar-refractivity contribution >= 4 is 0 Å². The summed E-state index contributed by atoms with van der Waals surface area (Å²) in [4.78, 5) is 0. The van der Waals surface area contributed by atoms with Gasteiger partial charge in [-0.3, -0.25) is 0 Å². The van der Waals surface area contributed by atoms with E-state index in [-0.39, 0.29) is 17.0 Å². The van der Waals surface area contributed by atoms with Gasteiger partial charge < -0.3 is 21.7 Å². The molecule has 0 spiro atoms. The van der Waals surface area contributed by atoms with Crippen molar-refractivity contribution in [2.75, 3.05) is 6.61 Å². The van der Waals surface area contributed by atoms with Gasteiger partial charge in [0.15, 0.2) is 0 Å². The summed E-state index contributed by atoms with van der Waals surface area (Å²) < 4.78 is 10.7. The van der Waals surface area contributed by atoms with E-state index in [4.69, 9.17) is 4.74 Å². The summed E-state index contributed by atoms with van der Waals surface area (Å²) in [6.45, 7) is 4.03. The topological polar surface area (TPSA) is 18.0 Å². The Hall–Kier alpha value is -2.07. The quantitative estimate of drug-likeness (QED) is 0.568. The van der Waals surface area contributed by atoms with Crippen molar-refractivity contribution in [2.24, 2.45) is 0 Å². The number of aromatic nitrogens is 2. The number of aryl methyl sites for hydroxylation is 1. The number of benzene rings is 2. The van der Waals surface area contributed by atoms with Gasteiger partial charge in [0.05, 0.1) is 6.61 Å². The smallest absolute Gasteiger partial charge is 0.256 e. The van der Waals surface area contributed by atoms with Crippen molar-refractivity contribution in [2.45, 2.75) is 45.2 Å². The van der Waals surface area contributed by atoms with Crippen molar-refractivity contribution in [3.8, 4) is 5.75 Å². The van der Waals surface area contributed by atoms with Crippen LogP contribution in [0.5, 0.6) is 5.75 Å². The van der Waals surface area contributed by atoms with Crippen LogP contribution in [-0.2, 0) is 25.8 Å². The van der Waals surface area contributed by atoms with E-state index in [1.54, 1.807) is 0 Å². The Kier molecular flexibility index (Phi) is 5.09. The lowest BCUT2D eigenvalue weighted by atomic mass is 10.0. The second kappa shape index (κ2) is 7.51. The molecule has 0 N–H and O–H groups in total. The fourth-order valence-electron chi connectivity index (χ4n) is 4.62. The second-order valence-corrected chi connectivity index (χ2v) is 7.40. The number of hydrogen-bond acceptors (Lipinski definition) is 1. The molecule has 0 radical (unpaired) electrons. The standard InChI is InChI=1S/C23H25N2O.BrH/c1-2-23-24(16-17-6-4-3-5-7-17)11-12-25(23)21-9-8-18-14-19-10-13-26-22(19)15-20(18)21;/h3-7,11-12,14-15,21H,2,8-10,13,16H2,1H3;1H/q+1;/p-1. The molecule has 1 aliphatic heterocycles. The molecule has 2 aliphatic rings. The third-order valence-electron chi connectivity index (χ3n) is 5.88. The summed E-state index contributed by atoms with van der Waals surface area (Å²) in [6.07, 6.45) is 8.98. The van der Waals surface area contributed by atoms with E-state index >= 15 is 0 Å². The number of imidazole rings is 1. The summed E-state index contributed by atoms with van der Waals surface area (Å²) in [5.41, 5.74) is 5.72. The molecule has 1 atom stereocenters. The lowest BCUT2D eigenvalue weighted by molar-refractivity contribution is -0.695. The van der Waals surface area contributed by atoms with Gasteiger partial charge in [0.25, 0.3) is 5.82 Å². The van der Waals surface area contributed by atoms with Gasteiger partial charge in [-0.1, -0.05) is 43.3 Å². The predicted molar refractivity (Wildman–Crippen MR) is 102 cm³/mol. The average molecular weight is 425 g/mol. The van der Waals surface area contributed by atoms with Gasteiger partial charge in [-0.15, -0.1) is 0 Å². The first kappa shape index (κ1) is 18.3. The van der Waals surface area contributed by atoms with E-state index < -0.39 is 0 Å². The molecular formula is C23H25BrN2O. The zero-order valence-corrected chi connectivity index (χ0v) is 17.3. The van der Waals surface area contributed by atoms with Crippen molar-refractivity contribution in [3.05, 3.63) is 82.9 Å². The van der Waals surface area contributed by atoms with Crippen LogP contribution in [0.2, 0.25) is 0 Å². The van der Waals surface area contributed by atoms with Crippen LogP contribution in [0.15, 0.2) is 54.9 Å². The molecule has 3 nitrogen and oxygen atoms in total. The van der Waals surface area contributed by atoms with Crippen LogP contribution >= 0.6 is 0 Å². The minimum atomic E-state index is 0. The van der Waals surface area contributed by atoms with Crippen LogP contribution in [0.3, 0.4) is 0 Å². The minimum absolute atomic E-state index is 0. The van der Waals surface area contributed by atoms with E-state index in [9.17, 15) is 0 Å². The zero-order chi connectivity index (χ0) is 17.5. The molecule has 5 rings (SSSR count). The van der Waals surface area contributed by atoms with Gasteiger partial charge in [0, 0.05) is 18.4 Å². The Morgan fingerprint density at radius 2 is 1.96 bits per heavy atom. The van der Waals surface area contributed by atoms with Gasteiger partial charge in [-0.05, 0) is 35.6 Å². The first-order valence-electron chi connectivity index (χ1n) is 9.75. The van der Waals surface area contributed by atoms with Gasteiger partial charge >= 0.3 is 0 Å². The van der Waals surface area contributed by atoms with Crippen LogP contribution < -0.4 is 26.3 Å². The number of ether oxygens (including phenoxy) is 1. The van der Waals surface area contributed by atoms with Gasteiger partial charge in [0.1, 0.15) is 30.7 Å². The van der Waals surface area contributed by atoms with E-state index in [1.807, 2.05) is 0 Å². The molecule has 0 saturated heterocycles. The van der Waals surface area contributed by atoms with Crippen LogP contribution in [-0.4, -0.2) is 11.2 Å². The Labute approximate surface area is 171 Å². The number of halogens is 1. The second-order valence-electron chi connectivity index (χ2n) is 7.40. The molecule has 2 heterocycles. The van der Waals surface area contributed by atoms with Crippen molar-refractivity contribution in [1.29, 1.82) is 0 Å². The molecular weight excluding hydrogens is 400 g/mol. The first-order chi connectivity index (χ1) is 12.8. The van der Waals surface area contributed by atoms with Crippen LogP contribution in [0.1, 0.15) is 47.5 Å². The van der Waals surface area contributed by atoms with Crippen molar-refractivity contribution in [3.63, 3.8) is 0 Å². The molecule has 3 aromatic rings. The fraction of sp³-hybridized carbons (Fsp3) is 0.348. The Morgan fingerprint density at radius 1 is 1.11 bits per heavy atom. The van der Waals surface area contributed by atoms with E-state index in [0.717, 1.165) is 31.7 Å². The average Bonchev–Trinajstić information content (AvgIpc) is 3.38. The minimum Gasteiger partial charge on any atom is -1.00 e. The largest absolute Gasteiger partial charge is 1.00 e. The number of nitrogens with zero attached hydrogens (tertiary/aromatic N) is 2. The van der Waals surface area contributed by atoms with Gasteiger partial charge in [-0.2, -0.15) is 0 Å². The lowest BCUT2D eigenvalue weighted by Gasteiger charge is -2.12. The summed E-state index contributed by atoms with van der Waals surface area (Å²) >= 11 is 0. The molecule has 4 heteroatoms. The van der Waals surface area contributed by atoms with Gasteiger partial charge in [-0.25, -0.2) is 9.13 Å². The molecule has 140 valence electrons. The third kappa shape index (κ3) is 3.20. The summed E-state index contributed by atoms with van der Waals surface area (Å²) in [5, 5.41) is 0. The summed E-state index contributed by atoms with van der Waals surface area (Å²) in [5.74, 6) is 2.51. The highest BCUT2D eigenvalue weighted by Crippen LogP contribution is 2.40. The Bertz CT molecular complexity index is 949. The van der Waals surface area contributed by atoms with E-state index in [1.165, 1.54) is 40.9 Å². The molecule has 1 aliphatic carbocycles. The maximum atomic E-state index is 5.83. The molecule has 1 unspecified atom stereocenters. The Balaban J connectivity index is 0.00000180. The number of hydrogen-bond donors (Lipinski definition) is 0. The molecule has 2 aromatic carbocycles. The van der Waals surface area contributed by atoms with Crippen LogP contribution in [0.4, 0.5) is 0 Å². The zero-order valence-electron chi connectivity index (χ0n) is 15.7. The molecule has 0 fully saturated rings. The SMILES string of the molecule is CCc1n(C2CCc3cc4c(cc32)OCC4)cc[n+]1Cc1ccccc1.[Br-]. The molecule has 27 heavy (non-hydrogen) atoms. The molecule has 0 amide bonds. The summed E-state index contributed by atoms with van der Waals surface area (Å²) in [7, 11) is 0. The number of rotatable bonds is 4. The van der Waals surface area contributed by atoms with Gasteiger partial charge in [0.2, 0.25) is 0 Å². The molecule has 0 bridgehead atoms. The fourth-order valence-corrected chi connectivity index (χ4v) is 4.62. The normalized spacial score (nSPS) is 17.1. The highest BCUT2D eigenvalue weighted by molar-refractivity contribution is 5.48. The maximum absolute atomic E-state index is 5.83. The molecule has 0 saturated carbocycles. The Morgan fingerprint density at radius 3 is 2.78 bits per heavy atom.